The van der Waals surface area contributed by atoms with Crippen LogP contribution in [0, 0.1) is 0 Å². The van der Waals surface area contributed by atoms with E-state index in [2.05, 4.69) is 16.0 Å². The van der Waals surface area contributed by atoms with Crippen molar-refractivity contribution >= 4 is 29.5 Å². The van der Waals surface area contributed by atoms with Gasteiger partial charge in [0.05, 0.1) is 70.0 Å². The first-order valence-electron chi connectivity index (χ1n) is 18.7. The summed E-state index contributed by atoms with van der Waals surface area (Å²) >= 11 is 1.58. The van der Waals surface area contributed by atoms with Crippen molar-refractivity contribution in [1.29, 1.82) is 0 Å². The molecule has 0 aromatic carbocycles. The van der Waals surface area contributed by atoms with E-state index in [1.807, 2.05) is 0 Å². The van der Waals surface area contributed by atoms with E-state index in [1.165, 1.54) is 7.05 Å². The number of amides is 3. The molecule has 0 aromatic rings. The summed E-state index contributed by atoms with van der Waals surface area (Å²) in [6, 6.07) is -3.18. The fourth-order valence-electron chi connectivity index (χ4n) is 6.14. The van der Waals surface area contributed by atoms with Crippen molar-refractivity contribution in [3.8, 4) is 0 Å². The monoisotopic (exact) mass is 846 g/mol. The third-order valence-corrected chi connectivity index (χ3v) is 10.7. The molecule has 23 heteroatoms. The lowest BCUT2D eigenvalue weighted by molar-refractivity contribution is -0.271. The first-order chi connectivity index (χ1) is 26.7. The number of thioether (sulfide) groups is 1. The summed E-state index contributed by atoms with van der Waals surface area (Å²) in [5.74, 6) is 0.546. The number of hydrogen-bond donors (Lipinski definition) is 13. The molecule has 334 valence electrons. The molecule has 0 aliphatic carbocycles. The molecule has 3 aliphatic heterocycles. The molecule has 3 heterocycles. The number of hydrogen-bond acceptors (Lipinski definition) is 20. The molecule has 3 fully saturated rings. The molecule has 3 aliphatic rings. The summed E-state index contributed by atoms with van der Waals surface area (Å²) in [5, 5.41) is 79.7. The predicted octanol–water partition coefficient (Wildman–Crippen LogP) is -6.66. The summed E-state index contributed by atoms with van der Waals surface area (Å²) in [5.41, 5.74) is 18.1. The molecule has 0 bridgehead atoms. The van der Waals surface area contributed by atoms with Crippen molar-refractivity contribution in [2.45, 2.75) is 125 Å². The fourth-order valence-corrected chi connectivity index (χ4v) is 6.94. The number of nitrogens with one attached hydrogen (secondary N) is 3. The molecule has 0 aromatic heterocycles. The maximum Gasteiger partial charge on any atom is 0.229 e. The highest BCUT2D eigenvalue weighted by atomic mass is 32.2. The molecular weight excluding hydrogens is 780 g/mol. The summed E-state index contributed by atoms with van der Waals surface area (Å²) < 4.78 is 34.2. The van der Waals surface area contributed by atoms with Crippen LogP contribution >= 0.6 is 11.8 Å². The number of carbonyl (C=O) groups is 3. The van der Waals surface area contributed by atoms with E-state index in [4.69, 9.17) is 45.6 Å². The van der Waals surface area contributed by atoms with Crippen LogP contribution in [0.1, 0.15) is 33.1 Å². The number of rotatable bonds is 23. The second kappa shape index (κ2) is 26.4. The number of nitrogens with two attached hydrogens (primary N) is 3. The molecule has 3 rings (SSSR count). The molecule has 22 nitrogen and oxygen atoms in total. The van der Waals surface area contributed by atoms with Gasteiger partial charge in [0.1, 0.15) is 61.4 Å². The van der Waals surface area contributed by atoms with Gasteiger partial charge < -0.3 is 97.3 Å². The van der Waals surface area contributed by atoms with Gasteiger partial charge in [-0.05, 0) is 18.6 Å². The third kappa shape index (κ3) is 15.9. The van der Waals surface area contributed by atoms with Crippen molar-refractivity contribution in [3.63, 3.8) is 0 Å². The van der Waals surface area contributed by atoms with Crippen molar-refractivity contribution in [2.75, 3.05) is 71.3 Å². The summed E-state index contributed by atoms with van der Waals surface area (Å²) in [6.07, 6.45) is -13.4. The molecule has 15 unspecified atom stereocenters. The number of aliphatic hydroxyl groups excluding tert-OH is 7. The van der Waals surface area contributed by atoms with E-state index < -0.39 is 98.2 Å². The number of aliphatic hydroxyl groups is 7. The molecule has 16 N–H and O–H groups in total. The number of ether oxygens (including phenoxy) is 6. The zero-order valence-electron chi connectivity index (χ0n) is 31.5. The Labute approximate surface area is 336 Å². The molecule has 0 radical (unpaired) electrons. The normalized spacial score (nSPS) is 35.5. The van der Waals surface area contributed by atoms with Crippen LogP contribution in [0.4, 0.5) is 0 Å². The van der Waals surface area contributed by atoms with E-state index >= 15 is 0 Å². The molecule has 0 spiro atoms. The molecule has 3 amide bonds. The van der Waals surface area contributed by atoms with E-state index in [0.717, 1.165) is 5.75 Å². The minimum Gasteiger partial charge on any atom is -0.394 e. The second-order valence-electron chi connectivity index (χ2n) is 13.9. The Morgan fingerprint density at radius 3 is 1.72 bits per heavy atom. The first kappa shape index (κ1) is 51.3. The predicted molar refractivity (Wildman–Crippen MR) is 203 cm³/mol. The molecule has 15 atom stereocenters. The van der Waals surface area contributed by atoms with Crippen LogP contribution in [-0.2, 0) is 42.8 Å². The van der Waals surface area contributed by atoms with Crippen LogP contribution in [0.15, 0.2) is 0 Å². The van der Waals surface area contributed by atoms with Gasteiger partial charge in [0.2, 0.25) is 17.7 Å². The smallest absolute Gasteiger partial charge is 0.229 e. The van der Waals surface area contributed by atoms with Crippen LogP contribution in [-0.4, -0.2) is 216 Å². The Morgan fingerprint density at radius 2 is 1.14 bits per heavy atom. The highest BCUT2D eigenvalue weighted by Gasteiger charge is 2.46. The number of carbonyl (C=O) groups excluding carboxylic acids is 3. The Bertz CT molecular complexity index is 1190. The fraction of sp³-hybridized carbons (Fsp3) is 0.912. The molecule has 0 saturated carbocycles. The van der Waals surface area contributed by atoms with E-state index in [1.54, 1.807) is 11.8 Å². The van der Waals surface area contributed by atoms with Crippen LogP contribution in [0.5, 0.6) is 0 Å². The van der Waals surface area contributed by atoms with Crippen LogP contribution in [0.3, 0.4) is 0 Å². The Morgan fingerprint density at radius 1 is 0.632 bits per heavy atom. The first-order valence-corrected chi connectivity index (χ1v) is 19.9. The van der Waals surface area contributed by atoms with Gasteiger partial charge in [-0.3, -0.25) is 14.4 Å². The van der Waals surface area contributed by atoms with Gasteiger partial charge in [0, 0.05) is 32.3 Å². The average molecular weight is 847 g/mol. The van der Waals surface area contributed by atoms with Crippen molar-refractivity contribution in [2.24, 2.45) is 17.2 Å². The zero-order valence-corrected chi connectivity index (χ0v) is 32.3. The topological polar surface area (TPSA) is 362 Å². The van der Waals surface area contributed by atoms with E-state index in [-0.39, 0.29) is 64.6 Å². The molecule has 3 saturated heterocycles. The Balaban J connectivity index is 0.0000112. The van der Waals surface area contributed by atoms with Gasteiger partial charge in [0.25, 0.3) is 0 Å². The maximum absolute atomic E-state index is 12.2. The van der Waals surface area contributed by atoms with Crippen molar-refractivity contribution in [3.05, 3.63) is 0 Å². The van der Waals surface area contributed by atoms with Gasteiger partial charge in [-0.2, -0.15) is 11.8 Å². The van der Waals surface area contributed by atoms with Crippen LogP contribution in [0.2, 0.25) is 0 Å². The highest BCUT2D eigenvalue weighted by Crippen LogP contribution is 2.25. The Hall–Kier alpha value is -1.88. The van der Waals surface area contributed by atoms with Crippen molar-refractivity contribution in [1.82, 2.24) is 16.0 Å². The second-order valence-corrected chi connectivity index (χ2v) is 15.1. The minimum atomic E-state index is -1.43. The van der Waals surface area contributed by atoms with E-state index in [0.29, 0.717) is 38.1 Å². The average Bonchev–Trinajstić information content (AvgIpc) is 3.18. The lowest BCUT2D eigenvalue weighted by Crippen LogP contribution is -2.64. The van der Waals surface area contributed by atoms with Gasteiger partial charge in [-0.15, -0.1) is 0 Å². The van der Waals surface area contributed by atoms with Crippen LogP contribution in [0.25, 0.3) is 0 Å². The quantitative estimate of drug-likeness (QED) is 0.0336. The van der Waals surface area contributed by atoms with Gasteiger partial charge in [-0.1, -0.05) is 7.43 Å². The largest absolute Gasteiger partial charge is 0.394 e. The lowest BCUT2D eigenvalue weighted by atomic mass is 9.93. The van der Waals surface area contributed by atoms with Gasteiger partial charge >= 0.3 is 0 Å². The minimum absolute atomic E-state index is 0. The molecule has 57 heavy (non-hydrogen) atoms. The van der Waals surface area contributed by atoms with Crippen molar-refractivity contribution < 1.29 is 78.6 Å². The summed E-state index contributed by atoms with van der Waals surface area (Å²) in [7, 11) is 1.46. The van der Waals surface area contributed by atoms with Gasteiger partial charge in [0.15, 0.2) is 6.29 Å². The third-order valence-electron chi connectivity index (χ3n) is 9.65. The van der Waals surface area contributed by atoms with Gasteiger partial charge in [-0.25, -0.2) is 0 Å². The maximum atomic E-state index is 12.2. The molecular formula is C34H66N6O16S. The Kier molecular flexibility index (Phi) is 23.7. The van der Waals surface area contributed by atoms with E-state index in [9.17, 15) is 50.1 Å². The van der Waals surface area contributed by atoms with Crippen LogP contribution < -0.4 is 33.2 Å². The SMILES string of the molecule is C.CNC(=O)CC(=O)NCCSCCCC(=O)NCCCOC1OC(COCC2OC(COCC3OC(CO)C(O)C(O)C3N)C(O)C(O)C2N)C(O)C(O)C1N. The zero-order chi connectivity index (χ0) is 41.4. The standard InChI is InChI=1S/C33H62N6O16S.CH4/c1-37-22(42)10-23(43)39-6-9-56-8-2-4-21(41)38-5-3-7-52-33-26(36)32(49)29(46)20(55-33)15-51-13-18-25(35)31(48)28(45)19(54-18)14-50-12-17-24(34)30(47)27(44)16(11-40)53-17;/h16-20,24-33,40,44-49H,2-15,34-36H2,1H3,(H,37,42)(H,38,41)(H,39,43);1H4. The summed E-state index contributed by atoms with van der Waals surface area (Å²) in [4.78, 5) is 34.9. The lowest BCUT2D eigenvalue weighted by Gasteiger charge is -2.43. The highest BCUT2D eigenvalue weighted by molar-refractivity contribution is 7.99. The summed E-state index contributed by atoms with van der Waals surface area (Å²) in [6.45, 7) is -0.599.